The number of hydrogen-bond donors (Lipinski definition) is 2. The predicted octanol–water partition coefficient (Wildman–Crippen LogP) is 6.23. The van der Waals surface area contributed by atoms with Crippen LogP contribution in [0.1, 0.15) is 90.0 Å². The minimum Gasteiger partial charge on any atom is -0.507 e. The van der Waals surface area contributed by atoms with E-state index in [1.807, 2.05) is 6.07 Å². The van der Waals surface area contributed by atoms with E-state index in [-0.39, 0.29) is 11.7 Å². The van der Waals surface area contributed by atoms with Crippen LogP contribution in [0.25, 0.3) is 6.08 Å². The van der Waals surface area contributed by atoms with Gasteiger partial charge in [-0.05, 0) is 31.1 Å². The standard InChI is InChI=1S/C24H39NO3/c1-3-5-7-9-10-11-12-18-25-24(27)17-15-21-14-16-22(20-23(21)26)28-19-13-8-6-4-2/h14-17,20,26H,3-13,18-19H2,1-2H3,(H,25,27)/b17-15+. The SMILES string of the molecule is CCCCCCCCCNC(=O)/C=C/c1ccc(OCCCCCC)cc1O. The summed E-state index contributed by atoms with van der Waals surface area (Å²) in [7, 11) is 0. The Kier molecular flexibility index (Phi) is 13.8. The van der Waals surface area contributed by atoms with Crippen molar-refractivity contribution >= 4 is 12.0 Å². The molecule has 0 aliphatic heterocycles. The van der Waals surface area contributed by atoms with E-state index >= 15 is 0 Å². The summed E-state index contributed by atoms with van der Waals surface area (Å²) >= 11 is 0. The molecule has 1 rings (SSSR count). The normalized spacial score (nSPS) is 11.1. The molecule has 1 amide bonds. The Morgan fingerprint density at radius 1 is 0.964 bits per heavy atom. The maximum absolute atomic E-state index is 11.9. The first-order chi connectivity index (χ1) is 13.7. The third-order valence-corrected chi connectivity index (χ3v) is 4.76. The van der Waals surface area contributed by atoms with Gasteiger partial charge in [0.25, 0.3) is 0 Å². The summed E-state index contributed by atoms with van der Waals surface area (Å²) in [4.78, 5) is 11.9. The highest BCUT2D eigenvalue weighted by atomic mass is 16.5. The summed E-state index contributed by atoms with van der Waals surface area (Å²) < 4.78 is 5.66. The second-order valence-electron chi connectivity index (χ2n) is 7.38. The lowest BCUT2D eigenvalue weighted by atomic mass is 10.1. The second kappa shape index (κ2) is 16.0. The monoisotopic (exact) mass is 389 g/mol. The largest absolute Gasteiger partial charge is 0.507 e. The van der Waals surface area contributed by atoms with Gasteiger partial charge < -0.3 is 15.2 Å². The number of rotatable bonds is 16. The van der Waals surface area contributed by atoms with E-state index in [9.17, 15) is 9.90 Å². The highest BCUT2D eigenvalue weighted by Crippen LogP contribution is 2.25. The van der Waals surface area contributed by atoms with Crippen LogP contribution in [-0.4, -0.2) is 24.2 Å². The Morgan fingerprint density at radius 2 is 1.61 bits per heavy atom. The Morgan fingerprint density at radius 3 is 2.29 bits per heavy atom. The van der Waals surface area contributed by atoms with Gasteiger partial charge in [0.05, 0.1) is 6.61 Å². The van der Waals surface area contributed by atoms with E-state index in [2.05, 4.69) is 19.2 Å². The van der Waals surface area contributed by atoms with Crippen LogP contribution in [0, 0.1) is 0 Å². The molecular weight excluding hydrogens is 350 g/mol. The highest BCUT2D eigenvalue weighted by molar-refractivity contribution is 5.92. The predicted molar refractivity (Wildman–Crippen MR) is 118 cm³/mol. The Bertz CT molecular complexity index is 569. The molecule has 0 aliphatic rings. The van der Waals surface area contributed by atoms with Gasteiger partial charge in [-0.25, -0.2) is 0 Å². The van der Waals surface area contributed by atoms with E-state index in [1.165, 1.54) is 51.0 Å². The van der Waals surface area contributed by atoms with Crippen molar-refractivity contribution in [2.24, 2.45) is 0 Å². The molecule has 0 radical (unpaired) electrons. The summed E-state index contributed by atoms with van der Waals surface area (Å²) in [6, 6.07) is 5.21. The summed E-state index contributed by atoms with van der Waals surface area (Å²) in [5, 5.41) is 13.0. The Labute approximate surface area is 171 Å². The molecule has 1 aromatic rings. The summed E-state index contributed by atoms with van der Waals surface area (Å²) in [6.45, 7) is 5.77. The molecular formula is C24H39NO3. The minimum absolute atomic E-state index is 0.123. The molecule has 0 bridgehead atoms. The number of nitrogens with one attached hydrogen (secondary N) is 1. The van der Waals surface area contributed by atoms with Crippen molar-refractivity contribution in [3.63, 3.8) is 0 Å². The number of carbonyl (C=O) groups excluding carboxylic acids is 1. The van der Waals surface area contributed by atoms with Gasteiger partial charge in [-0.2, -0.15) is 0 Å². The number of ether oxygens (including phenoxy) is 1. The molecule has 0 unspecified atom stereocenters. The van der Waals surface area contributed by atoms with Gasteiger partial charge in [0, 0.05) is 24.3 Å². The van der Waals surface area contributed by atoms with E-state index < -0.39 is 0 Å². The molecule has 158 valence electrons. The fraction of sp³-hybridized carbons (Fsp3) is 0.625. The van der Waals surface area contributed by atoms with Gasteiger partial charge in [0.2, 0.25) is 5.91 Å². The van der Waals surface area contributed by atoms with Crippen LogP contribution in [0.2, 0.25) is 0 Å². The maximum atomic E-state index is 11.9. The minimum atomic E-state index is -0.123. The van der Waals surface area contributed by atoms with Gasteiger partial charge >= 0.3 is 0 Å². The zero-order valence-electron chi connectivity index (χ0n) is 17.8. The molecule has 0 spiro atoms. The van der Waals surface area contributed by atoms with Gasteiger partial charge in [0.1, 0.15) is 11.5 Å². The zero-order valence-corrected chi connectivity index (χ0v) is 17.8. The lowest BCUT2D eigenvalue weighted by Crippen LogP contribution is -2.21. The number of amides is 1. The van der Waals surface area contributed by atoms with Crippen molar-refractivity contribution < 1.29 is 14.6 Å². The van der Waals surface area contributed by atoms with Crippen molar-refractivity contribution in [1.29, 1.82) is 0 Å². The molecule has 0 saturated carbocycles. The van der Waals surface area contributed by atoms with Crippen LogP contribution in [0.3, 0.4) is 0 Å². The summed E-state index contributed by atoms with van der Waals surface area (Å²) in [5.74, 6) is 0.665. The molecule has 0 fully saturated rings. The van der Waals surface area contributed by atoms with Gasteiger partial charge in [-0.3, -0.25) is 4.79 Å². The Hall–Kier alpha value is -1.97. The van der Waals surface area contributed by atoms with Crippen molar-refractivity contribution in [2.45, 2.75) is 84.5 Å². The lowest BCUT2D eigenvalue weighted by Gasteiger charge is -2.07. The maximum Gasteiger partial charge on any atom is 0.244 e. The molecule has 0 saturated heterocycles. The van der Waals surface area contributed by atoms with Crippen molar-refractivity contribution in [2.75, 3.05) is 13.2 Å². The molecule has 2 N–H and O–H groups in total. The topological polar surface area (TPSA) is 58.6 Å². The average Bonchev–Trinajstić information content (AvgIpc) is 2.69. The molecule has 0 aliphatic carbocycles. The summed E-state index contributed by atoms with van der Waals surface area (Å²) in [6.07, 6.45) is 16.3. The first kappa shape index (κ1) is 24.1. The van der Waals surface area contributed by atoms with Gasteiger partial charge in [-0.15, -0.1) is 0 Å². The number of hydrogen-bond acceptors (Lipinski definition) is 3. The number of phenols is 1. The van der Waals surface area contributed by atoms with Crippen LogP contribution in [-0.2, 0) is 4.79 Å². The second-order valence-corrected chi connectivity index (χ2v) is 7.38. The van der Waals surface area contributed by atoms with Crippen LogP contribution >= 0.6 is 0 Å². The fourth-order valence-corrected chi connectivity index (χ4v) is 2.99. The van der Waals surface area contributed by atoms with E-state index in [4.69, 9.17) is 4.74 Å². The molecule has 4 heteroatoms. The molecule has 1 aromatic carbocycles. The number of carbonyl (C=O) groups is 1. The zero-order chi connectivity index (χ0) is 20.5. The van der Waals surface area contributed by atoms with Crippen molar-refractivity contribution in [3.8, 4) is 11.5 Å². The van der Waals surface area contributed by atoms with Crippen LogP contribution in [0.15, 0.2) is 24.3 Å². The number of unbranched alkanes of at least 4 members (excludes halogenated alkanes) is 9. The van der Waals surface area contributed by atoms with Gasteiger partial charge in [0.15, 0.2) is 0 Å². The summed E-state index contributed by atoms with van der Waals surface area (Å²) in [5.41, 5.74) is 0.615. The van der Waals surface area contributed by atoms with Crippen LogP contribution < -0.4 is 10.1 Å². The fourth-order valence-electron chi connectivity index (χ4n) is 2.99. The molecule has 0 heterocycles. The number of aromatic hydroxyl groups is 1. The third kappa shape index (κ3) is 11.7. The van der Waals surface area contributed by atoms with E-state index in [0.717, 1.165) is 25.7 Å². The number of phenolic OH excluding ortho intramolecular Hbond substituents is 1. The highest BCUT2D eigenvalue weighted by Gasteiger charge is 2.02. The van der Waals surface area contributed by atoms with Gasteiger partial charge in [-0.1, -0.05) is 71.6 Å². The molecule has 0 atom stereocenters. The third-order valence-electron chi connectivity index (χ3n) is 4.76. The van der Waals surface area contributed by atoms with E-state index in [1.54, 1.807) is 18.2 Å². The molecule has 28 heavy (non-hydrogen) atoms. The van der Waals surface area contributed by atoms with Crippen LogP contribution in [0.5, 0.6) is 11.5 Å². The smallest absolute Gasteiger partial charge is 0.244 e. The molecule has 0 aromatic heterocycles. The van der Waals surface area contributed by atoms with Crippen LogP contribution in [0.4, 0.5) is 0 Å². The van der Waals surface area contributed by atoms with Crippen molar-refractivity contribution in [3.05, 3.63) is 29.8 Å². The number of benzene rings is 1. The van der Waals surface area contributed by atoms with E-state index in [0.29, 0.717) is 24.5 Å². The average molecular weight is 390 g/mol. The lowest BCUT2D eigenvalue weighted by molar-refractivity contribution is -0.116. The van der Waals surface area contributed by atoms with Crippen molar-refractivity contribution in [1.82, 2.24) is 5.32 Å². The molecule has 4 nitrogen and oxygen atoms in total. The Balaban J connectivity index is 2.24. The first-order valence-corrected chi connectivity index (χ1v) is 11.1. The first-order valence-electron chi connectivity index (χ1n) is 11.1. The quantitative estimate of drug-likeness (QED) is 0.260.